The molecular weight excluding hydrogens is 244 g/mol. The molecule has 3 rings (SSSR count). The molecule has 0 bridgehead atoms. The molecule has 0 aliphatic rings. The number of nitrogens with two attached hydrogens (primary N) is 1. The maximum absolute atomic E-state index is 9.40. The molecule has 0 spiro atoms. The van der Waals surface area contributed by atoms with Crippen LogP contribution in [-0.2, 0) is 0 Å². The average Bonchev–Trinajstić information content (AvgIpc) is 2.81. The van der Waals surface area contributed by atoms with Crippen molar-refractivity contribution in [3.05, 3.63) is 36.4 Å². The number of hydrogen-bond donors (Lipinski definition) is 2. The summed E-state index contributed by atoms with van der Waals surface area (Å²) in [5, 5.41) is 9.40. The summed E-state index contributed by atoms with van der Waals surface area (Å²) in [6, 6.07) is 10.1. The Balaban J connectivity index is 2.11. The van der Waals surface area contributed by atoms with Crippen molar-refractivity contribution in [2.24, 2.45) is 0 Å². The average molecular weight is 256 g/mol. The van der Waals surface area contributed by atoms with Gasteiger partial charge in [0, 0.05) is 11.6 Å². The Bertz CT molecular complexity index is 750. The van der Waals surface area contributed by atoms with E-state index in [9.17, 15) is 5.11 Å². The Morgan fingerprint density at radius 1 is 1.21 bits per heavy atom. The third kappa shape index (κ3) is 1.95. The van der Waals surface area contributed by atoms with Crippen LogP contribution in [0.15, 0.2) is 40.8 Å². The van der Waals surface area contributed by atoms with Crippen molar-refractivity contribution in [1.29, 1.82) is 0 Å². The summed E-state index contributed by atoms with van der Waals surface area (Å²) in [5.74, 6) is 1.22. The molecular formula is C14H12N2O3. The van der Waals surface area contributed by atoms with Crippen molar-refractivity contribution >= 4 is 16.8 Å². The Kier molecular flexibility index (Phi) is 2.52. The molecule has 3 N–H and O–H groups in total. The standard InChI is InChI=1S/C14H12N2O3/c1-18-12-4-2-8(6-10(12)15)14-16-11-7-9(17)3-5-13(11)19-14/h2-7,17H,15H2,1H3. The van der Waals surface area contributed by atoms with Gasteiger partial charge in [-0.05, 0) is 30.3 Å². The first-order chi connectivity index (χ1) is 9.17. The van der Waals surface area contributed by atoms with Gasteiger partial charge in [-0.2, -0.15) is 0 Å². The minimum atomic E-state index is 0.154. The smallest absolute Gasteiger partial charge is 0.227 e. The third-order valence-electron chi connectivity index (χ3n) is 2.85. The highest BCUT2D eigenvalue weighted by Gasteiger charge is 2.10. The van der Waals surface area contributed by atoms with E-state index < -0.39 is 0 Å². The van der Waals surface area contributed by atoms with Gasteiger partial charge in [-0.1, -0.05) is 0 Å². The fraction of sp³-hybridized carbons (Fsp3) is 0.0714. The van der Waals surface area contributed by atoms with Crippen LogP contribution in [-0.4, -0.2) is 17.2 Å². The zero-order valence-electron chi connectivity index (χ0n) is 10.3. The number of benzene rings is 2. The molecule has 19 heavy (non-hydrogen) atoms. The lowest BCUT2D eigenvalue weighted by molar-refractivity contribution is 0.417. The molecule has 2 aromatic carbocycles. The highest BCUT2D eigenvalue weighted by atomic mass is 16.5. The number of aromatic nitrogens is 1. The predicted molar refractivity (Wildman–Crippen MR) is 72.1 cm³/mol. The Morgan fingerprint density at radius 2 is 2.05 bits per heavy atom. The van der Waals surface area contributed by atoms with Crippen LogP contribution < -0.4 is 10.5 Å². The number of anilines is 1. The number of nitrogen functional groups attached to an aromatic ring is 1. The topological polar surface area (TPSA) is 81.5 Å². The quantitative estimate of drug-likeness (QED) is 0.689. The van der Waals surface area contributed by atoms with Crippen LogP contribution in [0.1, 0.15) is 0 Å². The number of ether oxygens (including phenoxy) is 1. The van der Waals surface area contributed by atoms with Crippen LogP contribution in [0, 0.1) is 0 Å². The van der Waals surface area contributed by atoms with Gasteiger partial charge in [-0.15, -0.1) is 0 Å². The second-order valence-corrected chi connectivity index (χ2v) is 4.13. The minimum absolute atomic E-state index is 0.154. The van der Waals surface area contributed by atoms with Crippen LogP contribution in [0.25, 0.3) is 22.6 Å². The van der Waals surface area contributed by atoms with Crippen molar-refractivity contribution in [2.75, 3.05) is 12.8 Å². The van der Waals surface area contributed by atoms with E-state index in [2.05, 4.69) is 4.98 Å². The maximum atomic E-state index is 9.40. The Labute approximate surface area is 109 Å². The third-order valence-corrected chi connectivity index (χ3v) is 2.85. The predicted octanol–water partition coefficient (Wildman–Crippen LogP) is 2.79. The molecule has 0 aliphatic heterocycles. The number of oxazole rings is 1. The second-order valence-electron chi connectivity index (χ2n) is 4.13. The molecule has 0 atom stereocenters. The lowest BCUT2D eigenvalue weighted by Crippen LogP contribution is -1.92. The van der Waals surface area contributed by atoms with Crippen molar-refractivity contribution in [3.63, 3.8) is 0 Å². The first kappa shape index (κ1) is 11.4. The number of methoxy groups -OCH3 is 1. The number of aromatic hydroxyl groups is 1. The first-order valence-corrected chi connectivity index (χ1v) is 5.71. The van der Waals surface area contributed by atoms with Crippen molar-refractivity contribution in [2.45, 2.75) is 0 Å². The van der Waals surface area contributed by atoms with Crippen LogP contribution in [0.2, 0.25) is 0 Å². The largest absolute Gasteiger partial charge is 0.508 e. The van der Waals surface area contributed by atoms with Crippen LogP contribution >= 0.6 is 0 Å². The van der Waals surface area contributed by atoms with Gasteiger partial charge in [-0.3, -0.25) is 0 Å². The first-order valence-electron chi connectivity index (χ1n) is 5.71. The molecule has 3 aromatic rings. The number of phenols is 1. The van der Waals surface area contributed by atoms with E-state index in [0.29, 0.717) is 28.4 Å². The monoisotopic (exact) mass is 256 g/mol. The summed E-state index contributed by atoms with van der Waals surface area (Å²) in [6.45, 7) is 0. The van der Waals surface area contributed by atoms with Crippen molar-refractivity contribution in [1.82, 2.24) is 4.98 Å². The van der Waals surface area contributed by atoms with E-state index in [1.807, 2.05) is 6.07 Å². The maximum Gasteiger partial charge on any atom is 0.227 e. The Hall–Kier alpha value is -2.69. The normalized spacial score (nSPS) is 10.8. The molecule has 1 heterocycles. The van der Waals surface area contributed by atoms with Crippen molar-refractivity contribution < 1.29 is 14.3 Å². The lowest BCUT2D eigenvalue weighted by atomic mass is 10.2. The SMILES string of the molecule is COc1ccc(-c2nc3cc(O)ccc3o2)cc1N. The number of rotatable bonds is 2. The van der Waals surface area contributed by atoms with Gasteiger partial charge >= 0.3 is 0 Å². The highest BCUT2D eigenvalue weighted by molar-refractivity contribution is 5.78. The summed E-state index contributed by atoms with van der Waals surface area (Å²) in [4.78, 5) is 4.32. The fourth-order valence-electron chi connectivity index (χ4n) is 1.91. The van der Waals surface area contributed by atoms with Gasteiger partial charge in [0.25, 0.3) is 0 Å². The molecule has 5 heteroatoms. The van der Waals surface area contributed by atoms with Gasteiger partial charge in [-0.25, -0.2) is 4.98 Å². The summed E-state index contributed by atoms with van der Waals surface area (Å²) in [5.41, 5.74) is 8.34. The van der Waals surface area contributed by atoms with Gasteiger partial charge in [0.2, 0.25) is 5.89 Å². The van der Waals surface area contributed by atoms with E-state index in [-0.39, 0.29) is 5.75 Å². The molecule has 0 unspecified atom stereocenters. The molecule has 96 valence electrons. The van der Waals surface area contributed by atoms with E-state index in [1.165, 1.54) is 0 Å². The van der Waals surface area contributed by atoms with Gasteiger partial charge in [0.05, 0.1) is 12.8 Å². The number of hydrogen-bond acceptors (Lipinski definition) is 5. The van der Waals surface area contributed by atoms with Crippen LogP contribution in [0.3, 0.4) is 0 Å². The summed E-state index contributed by atoms with van der Waals surface area (Å²) in [6.07, 6.45) is 0. The zero-order chi connectivity index (χ0) is 13.4. The van der Waals surface area contributed by atoms with Gasteiger partial charge in [0.15, 0.2) is 5.58 Å². The van der Waals surface area contributed by atoms with Gasteiger partial charge in [0.1, 0.15) is 17.0 Å². The molecule has 0 saturated heterocycles. The molecule has 1 aromatic heterocycles. The fourth-order valence-corrected chi connectivity index (χ4v) is 1.91. The molecule has 0 saturated carbocycles. The number of fused-ring (bicyclic) bond motifs is 1. The lowest BCUT2D eigenvalue weighted by Gasteiger charge is -2.04. The molecule has 5 nitrogen and oxygen atoms in total. The number of phenolic OH excluding ortho intramolecular Hbond substituents is 1. The highest BCUT2D eigenvalue weighted by Crippen LogP contribution is 2.30. The van der Waals surface area contributed by atoms with Gasteiger partial charge < -0.3 is 20.0 Å². The summed E-state index contributed by atoms with van der Waals surface area (Å²) < 4.78 is 10.7. The summed E-state index contributed by atoms with van der Waals surface area (Å²) in [7, 11) is 1.56. The van der Waals surface area contributed by atoms with E-state index in [4.69, 9.17) is 14.9 Å². The minimum Gasteiger partial charge on any atom is -0.508 e. The zero-order valence-corrected chi connectivity index (χ0v) is 10.3. The molecule has 0 amide bonds. The second kappa shape index (κ2) is 4.20. The Morgan fingerprint density at radius 3 is 2.79 bits per heavy atom. The number of nitrogens with zero attached hydrogens (tertiary/aromatic N) is 1. The van der Waals surface area contributed by atoms with E-state index in [0.717, 1.165) is 5.56 Å². The summed E-state index contributed by atoms with van der Waals surface area (Å²) >= 11 is 0. The van der Waals surface area contributed by atoms with Crippen LogP contribution in [0.4, 0.5) is 5.69 Å². The van der Waals surface area contributed by atoms with Crippen molar-refractivity contribution in [3.8, 4) is 23.0 Å². The molecule has 0 aliphatic carbocycles. The van der Waals surface area contributed by atoms with Crippen LogP contribution in [0.5, 0.6) is 11.5 Å². The van der Waals surface area contributed by atoms with E-state index >= 15 is 0 Å². The van der Waals surface area contributed by atoms with E-state index in [1.54, 1.807) is 37.4 Å². The molecule has 0 radical (unpaired) electrons. The molecule has 0 fully saturated rings.